The molecule has 0 bridgehead atoms. The maximum absolute atomic E-state index is 8.58. The van der Waals surface area contributed by atoms with Crippen LogP contribution < -0.4 is 22.1 Å². The average Bonchev–Trinajstić information content (AvgIpc) is 1.54. The Hall–Kier alpha value is 5.61. The Kier molecular flexibility index (Phi) is 78.8. The molecule has 15 heavy (non-hydrogen) atoms. The van der Waals surface area contributed by atoms with E-state index >= 15 is 0 Å². The van der Waals surface area contributed by atoms with Crippen molar-refractivity contribution in [2.24, 2.45) is 0 Å². The van der Waals surface area contributed by atoms with Gasteiger partial charge in [-0.1, -0.05) is 0 Å². The van der Waals surface area contributed by atoms with Crippen LogP contribution in [0, 0.1) is 0 Å². The SMILES string of the molecule is [Ba+2].[Ca+2].[O]=[Ti]([O-])[O-].[O]=[Ti]([O-])[O-].[O]=[Ti]([O-])[O-].[Sr+2]. The largest absolute Gasteiger partial charge is 2.00 e. The first kappa shape index (κ1) is 37.1. The molecule has 0 rings (SSSR count). The van der Waals surface area contributed by atoms with Crippen LogP contribution in [0.5, 0.6) is 0 Å². The minimum Gasteiger partial charge on any atom is 2.00 e. The van der Waals surface area contributed by atoms with Gasteiger partial charge in [-0.05, 0) is 0 Å². The van der Waals surface area contributed by atoms with E-state index in [-0.39, 0.29) is 132 Å². The van der Waals surface area contributed by atoms with E-state index in [1.807, 2.05) is 0 Å². The van der Waals surface area contributed by atoms with Crippen molar-refractivity contribution in [3.63, 3.8) is 0 Å². The van der Waals surface area contributed by atoms with Crippen molar-refractivity contribution in [1.82, 2.24) is 0 Å². The van der Waals surface area contributed by atoms with Gasteiger partial charge in [0.2, 0.25) is 0 Å². The minimum atomic E-state index is -4.08. The van der Waals surface area contributed by atoms with Crippen molar-refractivity contribution < 1.29 is 88.0 Å². The fourth-order valence-electron chi connectivity index (χ4n) is 0. The Morgan fingerprint density at radius 3 is 0.600 bits per heavy atom. The van der Waals surface area contributed by atoms with Gasteiger partial charge < -0.3 is 0 Å². The summed E-state index contributed by atoms with van der Waals surface area (Å²) in [5, 5.41) is 0. The van der Waals surface area contributed by atoms with Crippen molar-refractivity contribution in [1.29, 1.82) is 0 Å². The van der Waals surface area contributed by atoms with Crippen molar-refractivity contribution in [3.8, 4) is 0 Å². The second-order valence-corrected chi connectivity index (χ2v) is 3.09. The third-order valence-electron chi connectivity index (χ3n) is 0. The minimum absolute atomic E-state index is 0. The molecule has 0 N–H and O–H groups in total. The smallest absolute Gasteiger partial charge is 2.00 e. The Morgan fingerprint density at radius 2 is 0.600 bits per heavy atom. The number of rotatable bonds is 0. The third kappa shape index (κ3) is 193. The van der Waals surface area contributed by atoms with Gasteiger partial charge in [-0.15, -0.1) is 0 Å². The summed E-state index contributed by atoms with van der Waals surface area (Å²) in [7, 11) is 0. The molecule has 0 aromatic carbocycles. The molecular weight excluding hydrogens is 553 g/mol. The van der Waals surface area contributed by atoms with Crippen LogP contribution in [0.15, 0.2) is 0 Å². The quantitative estimate of drug-likeness (QED) is 0.263. The van der Waals surface area contributed by atoms with Gasteiger partial charge in [0, 0.05) is 0 Å². The van der Waals surface area contributed by atoms with E-state index in [0.29, 0.717) is 0 Å². The molecule has 0 saturated carbocycles. The van der Waals surface area contributed by atoms with Crippen molar-refractivity contribution >= 4 is 132 Å². The molecule has 0 spiro atoms. The van der Waals surface area contributed by atoms with Crippen LogP contribution in [0.3, 0.4) is 0 Å². The zero-order valence-electron chi connectivity index (χ0n) is 7.30. The zero-order chi connectivity index (χ0) is 10.7. The summed E-state index contributed by atoms with van der Waals surface area (Å²) in [6.45, 7) is 0. The standard InChI is InChI=1S/Ba.Ca.9O.Sr.3Ti/q2*+2;;;;6*-1;+2;;;. The molecule has 0 saturated heterocycles. The molecule has 0 aromatic rings. The van der Waals surface area contributed by atoms with Gasteiger partial charge in [0.25, 0.3) is 0 Å². The molecule has 0 unspecified atom stereocenters. The Labute approximate surface area is 213 Å². The molecule has 0 atom stereocenters. The number of hydrogen-bond acceptors (Lipinski definition) is 9. The fraction of sp³-hybridized carbons (Fsp3) is 0. The topological polar surface area (TPSA) is 190 Å². The van der Waals surface area contributed by atoms with Crippen LogP contribution in [-0.2, 0) is 65.8 Å². The monoisotopic (exact) mass is 554 g/mol. The van der Waals surface area contributed by atoms with Crippen LogP contribution in [0.1, 0.15) is 0 Å². The van der Waals surface area contributed by atoms with Gasteiger partial charge >= 0.3 is 220 Å². The molecule has 0 fully saturated rings. The maximum atomic E-state index is 8.58. The van der Waals surface area contributed by atoms with E-state index < -0.39 is 55.8 Å². The Morgan fingerprint density at radius 1 is 0.600 bits per heavy atom. The molecule has 0 amide bonds. The molecule has 9 nitrogen and oxygen atoms in total. The molecule has 0 aromatic heterocycles. The molecule has 0 aliphatic carbocycles. The second kappa shape index (κ2) is 31.8. The van der Waals surface area contributed by atoms with E-state index in [1.165, 1.54) is 0 Å². The van der Waals surface area contributed by atoms with Crippen LogP contribution in [-0.4, -0.2) is 132 Å². The average molecular weight is 553 g/mol. The van der Waals surface area contributed by atoms with Gasteiger partial charge in [-0.3, -0.25) is 0 Å². The Bertz CT molecular complexity index is 123. The van der Waals surface area contributed by atoms with E-state index in [1.54, 1.807) is 0 Å². The summed E-state index contributed by atoms with van der Waals surface area (Å²) >= 11 is -12.2. The molecule has 0 heterocycles. The van der Waals surface area contributed by atoms with E-state index in [0.717, 1.165) is 0 Å². The van der Waals surface area contributed by atoms with Gasteiger partial charge in [-0.2, -0.15) is 0 Å². The molecular formula is BaCaO9SrTi3. The summed E-state index contributed by atoms with van der Waals surface area (Å²) in [4.78, 5) is 0. The zero-order valence-corrected chi connectivity index (χ0v) is 22.1. The van der Waals surface area contributed by atoms with Crippen molar-refractivity contribution in [3.05, 3.63) is 0 Å². The maximum Gasteiger partial charge on any atom is 2.00 e. The molecule has 0 radical (unpaired) electrons. The normalized spacial score (nSPS) is 5.20. The summed E-state index contributed by atoms with van der Waals surface area (Å²) in [6.07, 6.45) is 0. The predicted molar refractivity (Wildman–Crippen MR) is 19.3 cm³/mol. The van der Waals surface area contributed by atoms with Crippen LogP contribution >= 0.6 is 0 Å². The fourth-order valence-corrected chi connectivity index (χ4v) is 0. The van der Waals surface area contributed by atoms with Crippen LogP contribution in [0.25, 0.3) is 0 Å². The molecule has 0 aliphatic rings. The van der Waals surface area contributed by atoms with Gasteiger partial charge in [0.15, 0.2) is 0 Å². The van der Waals surface area contributed by atoms with Gasteiger partial charge in [0.1, 0.15) is 0 Å². The number of hydrogen-bond donors (Lipinski definition) is 0. The second-order valence-electron chi connectivity index (χ2n) is 0.750. The predicted octanol–water partition coefficient (Wildman–Crippen LogP) is -8.64. The first-order valence-electron chi connectivity index (χ1n) is 1.84. The van der Waals surface area contributed by atoms with Crippen molar-refractivity contribution in [2.75, 3.05) is 0 Å². The summed E-state index contributed by atoms with van der Waals surface area (Å²) in [5.74, 6) is 0. The molecule has 0 aliphatic heterocycles. The van der Waals surface area contributed by atoms with Gasteiger partial charge in [0.05, 0.1) is 0 Å². The van der Waals surface area contributed by atoms with Crippen LogP contribution in [0.2, 0.25) is 0 Å². The van der Waals surface area contributed by atoms with Crippen LogP contribution in [0.4, 0.5) is 0 Å². The van der Waals surface area contributed by atoms with Gasteiger partial charge in [-0.25, -0.2) is 0 Å². The van der Waals surface area contributed by atoms with E-state index in [9.17, 15) is 0 Å². The summed E-state index contributed by atoms with van der Waals surface area (Å²) in [6, 6.07) is 0. The van der Waals surface area contributed by atoms with E-state index in [4.69, 9.17) is 32.1 Å². The van der Waals surface area contributed by atoms with E-state index in [2.05, 4.69) is 0 Å². The first-order chi connectivity index (χ1) is 5.20. The van der Waals surface area contributed by atoms with Crippen molar-refractivity contribution in [2.45, 2.75) is 0 Å². The Balaban J connectivity index is -0.0000000184. The summed E-state index contributed by atoms with van der Waals surface area (Å²) in [5.41, 5.74) is 0. The summed E-state index contributed by atoms with van der Waals surface area (Å²) < 4.78 is 77.2. The third-order valence-corrected chi connectivity index (χ3v) is 0. The first-order valence-corrected chi connectivity index (χ1v) is 7.57. The molecule has 72 valence electrons. The molecule has 15 heteroatoms.